The Morgan fingerprint density at radius 1 is 1.07 bits per heavy atom. The van der Waals surface area contributed by atoms with Gasteiger partial charge in [0.2, 0.25) is 5.91 Å². The number of anilines is 1. The van der Waals surface area contributed by atoms with Crippen LogP contribution in [0.1, 0.15) is 35.2 Å². The molecule has 1 amide bonds. The second-order valence-corrected chi connectivity index (χ2v) is 7.49. The van der Waals surface area contributed by atoms with Crippen molar-refractivity contribution in [3.63, 3.8) is 0 Å². The van der Waals surface area contributed by atoms with E-state index in [1.54, 1.807) is 4.90 Å². The van der Waals surface area contributed by atoms with Crippen molar-refractivity contribution in [1.29, 1.82) is 0 Å². The first-order valence-corrected chi connectivity index (χ1v) is 9.40. The predicted molar refractivity (Wildman–Crippen MR) is 103 cm³/mol. The Morgan fingerprint density at radius 3 is 2.44 bits per heavy atom. The van der Waals surface area contributed by atoms with Crippen molar-refractivity contribution in [3.05, 3.63) is 65.5 Å². The molecule has 2 aliphatic heterocycles. The van der Waals surface area contributed by atoms with E-state index in [2.05, 4.69) is 11.0 Å². The number of carbonyl (C=O) groups excluding carboxylic acids is 2. The van der Waals surface area contributed by atoms with E-state index in [0.29, 0.717) is 18.5 Å². The molecule has 2 aliphatic rings. The summed E-state index contributed by atoms with van der Waals surface area (Å²) in [5.41, 5.74) is 2.29. The SMILES string of the molecule is CN1C(=O)C2(CCN(CCC(=O)c3ccc(F)cc3)CC2)c2ccccc21. The van der Waals surface area contributed by atoms with Crippen molar-refractivity contribution >= 4 is 17.4 Å². The highest BCUT2D eigenvalue weighted by Gasteiger charge is 2.50. The predicted octanol–water partition coefficient (Wildman–Crippen LogP) is 3.41. The van der Waals surface area contributed by atoms with Crippen LogP contribution in [0, 0.1) is 5.82 Å². The highest BCUT2D eigenvalue weighted by molar-refractivity contribution is 6.07. The van der Waals surface area contributed by atoms with Crippen LogP contribution in [0.2, 0.25) is 0 Å². The molecule has 2 aromatic rings. The van der Waals surface area contributed by atoms with Gasteiger partial charge in [0, 0.05) is 31.3 Å². The van der Waals surface area contributed by atoms with Crippen molar-refractivity contribution in [2.45, 2.75) is 24.7 Å². The molecule has 4 rings (SSSR count). The number of hydrogen-bond donors (Lipinski definition) is 0. The van der Waals surface area contributed by atoms with Gasteiger partial charge < -0.3 is 9.80 Å². The molecule has 4 nitrogen and oxygen atoms in total. The second-order valence-electron chi connectivity index (χ2n) is 7.49. The minimum absolute atomic E-state index is 0.0253. The van der Waals surface area contributed by atoms with Crippen molar-refractivity contribution in [2.75, 3.05) is 31.6 Å². The van der Waals surface area contributed by atoms with Crippen LogP contribution in [0.3, 0.4) is 0 Å². The van der Waals surface area contributed by atoms with Crippen LogP contribution in [0.15, 0.2) is 48.5 Å². The number of amides is 1. The summed E-state index contributed by atoms with van der Waals surface area (Å²) in [7, 11) is 1.85. The highest BCUT2D eigenvalue weighted by Crippen LogP contribution is 2.47. The van der Waals surface area contributed by atoms with E-state index < -0.39 is 5.41 Å². The summed E-state index contributed by atoms with van der Waals surface area (Å²) in [6, 6.07) is 13.8. The Balaban J connectivity index is 1.39. The zero-order valence-corrected chi connectivity index (χ0v) is 15.5. The summed E-state index contributed by atoms with van der Waals surface area (Å²) in [5.74, 6) is -0.123. The van der Waals surface area contributed by atoms with Gasteiger partial charge in [-0.1, -0.05) is 18.2 Å². The first-order chi connectivity index (χ1) is 13.0. The van der Waals surface area contributed by atoms with Gasteiger partial charge in [0.05, 0.1) is 5.41 Å². The summed E-state index contributed by atoms with van der Waals surface area (Å²) in [4.78, 5) is 29.3. The molecule has 1 saturated heterocycles. The minimum atomic E-state index is -0.414. The normalized spacial score (nSPS) is 18.7. The minimum Gasteiger partial charge on any atom is -0.314 e. The first-order valence-electron chi connectivity index (χ1n) is 9.40. The first kappa shape index (κ1) is 17.9. The number of benzene rings is 2. The quantitative estimate of drug-likeness (QED) is 0.779. The smallest absolute Gasteiger partial charge is 0.237 e. The van der Waals surface area contributed by atoms with E-state index in [0.717, 1.165) is 37.2 Å². The number of rotatable bonds is 4. The summed E-state index contributed by atoms with van der Waals surface area (Å²) >= 11 is 0. The van der Waals surface area contributed by atoms with Gasteiger partial charge in [-0.25, -0.2) is 4.39 Å². The molecule has 1 fully saturated rings. The van der Waals surface area contributed by atoms with E-state index in [9.17, 15) is 14.0 Å². The molecule has 27 heavy (non-hydrogen) atoms. The Morgan fingerprint density at radius 2 is 1.74 bits per heavy atom. The van der Waals surface area contributed by atoms with Gasteiger partial charge in [0.15, 0.2) is 5.78 Å². The van der Waals surface area contributed by atoms with Gasteiger partial charge in [-0.15, -0.1) is 0 Å². The molecule has 0 aliphatic carbocycles. The monoisotopic (exact) mass is 366 g/mol. The number of ketones is 1. The van der Waals surface area contributed by atoms with Crippen LogP contribution in [0.4, 0.5) is 10.1 Å². The number of hydrogen-bond acceptors (Lipinski definition) is 3. The number of likely N-dealkylation sites (N-methyl/N-ethyl adjacent to an activating group) is 1. The van der Waals surface area contributed by atoms with Gasteiger partial charge in [-0.05, 0) is 61.8 Å². The lowest BCUT2D eigenvalue weighted by Gasteiger charge is -2.38. The average Bonchev–Trinajstić information content (AvgIpc) is 2.90. The van der Waals surface area contributed by atoms with Gasteiger partial charge in [-0.2, -0.15) is 0 Å². The Hall–Kier alpha value is -2.53. The Labute approximate surface area is 158 Å². The zero-order valence-electron chi connectivity index (χ0n) is 15.5. The van der Waals surface area contributed by atoms with E-state index in [1.807, 2.05) is 25.2 Å². The van der Waals surface area contributed by atoms with Gasteiger partial charge in [0.25, 0.3) is 0 Å². The summed E-state index contributed by atoms with van der Waals surface area (Å²) < 4.78 is 13.0. The number of fused-ring (bicyclic) bond motifs is 2. The fourth-order valence-electron chi connectivity index (χ4n) is 4.40. The lowest BCUT2D eigenvalue weighted by atomic mass is 9.73. The Bertz CT molecular complexity index is 870. The fraction of sp³-hybridized carbons (Fsp3) is 0.364. The number of para-hydroxylation sites is 1. The number of likely N-dealkylation sites (tertiary alicyclic amines) is 1. The van der Waals surface area contributed by atoms with Crippen LogP contribution in [-0.4, -0.2) is 43.3 Å². The van der Waals surface area contributed by atoms with Crippen LogP contribution < -0.4 is 4.90 Å². The van der Waals surface area contributed by atoms with Crippen molar-refractivity contribution in [3.8, 4) is 0 Å². The second kappa shape index (κ2) is 6.89. The van der Waals surface area contributed by atoms with Crippen LogP contribution >= 0.6 is 0 Å². The molecule has 2 heterocycles. The molecule has 0 radical (unpaired) electrons. The number of nitrogens with zero attached hydrogens (tertiary/aromatic N) is 2. The summed E-state index contributed by atoms with van der Waals surface area (Å²) in [5, 5.41) is 0. The lowest BCUT2D eigenvalue weighted by molar-refractivity contribution is -0.124. The molecule has 0 N–H and O–H groups in total. The van der Waals surface area contributed by atoms with E-state index in [-0.39, 0.29) is 17.5 Å². The highest BCUT2D eigenvalue weighted by atomic mass is 19.1. The molecule has 2 aromatic carbocycles. The molecule has 0 aromatic heterocycles. The molecule has 140 valence electrons. The lowest BCUT2D eigenvalue weighted by Crippen LogP contribution is -2.48. The maximum atomic E-state index is 13.0. The Kier molecular flexibility index (Phi) is 4.56. The molecule has 0 atom stereocenters. The van der Waals surface area contributed by atoms with Crippen LogP contribution in [0.5, 0.6) is 0 Å². The van der Waals surface area contributed by atoms with Crippen LogP contribution in [0.25, 0.3) is 0 Å². The maximum absolute atomic E-state index is 13.0. The fourth-order valence-corrected chi connectivity index (χ4v) is 4.40. The number of Topliss-reactive ketones (excluding diaryl/α,β-unsaturated/α-hetero) is 1. The maximum Gasteiger partial charge on any atom is 0.237 e. The summed E-state index contributed by atoms with van der Waals surface area (Å²) in [6.07, 6.45) is 1.96. The molecular weight excluding hydrogens is 343 g/mol. The van der Waals surface area contributed by atoms with E-state index in [1.165, 1.54) is 24.3 Å². The molecule has 0 bridgehead atoms. The van der Waals surface area contributed by atoms with Crippen LogP contribution in [-0.2, 0) is 10.2 Å². The molecule has 0 saturated carbocycles. The van der Waals surface area contributed by atoms with Crippen molar-refractivity contribution < 1.29 is 14.0 Å². The number of piperidine rings is 1. The van der Waals surface area contributed by atoms with Gasteiger partial charge in [-0.3, -0.25) is 9.59 Å². The van der Waals surface area contributed by atoms with Crippen molar-refractivity contribution in [1.82, 2.24) is 4.90 Å². The van der Waals surface area contributed by atoms with Gasteiger partial charge >= 0.3 is 0 Å². The molecular formula is C22H23FN2O2. The summed E-state index contributed by atoms with van der Waals surface area (Å²) in [6.45, 7) is 2.26. The largest absolute Gasteiger partial charge is 0.314 e. The third-order valence-electron chi connectivity index (χ3n) is 6.03. The average molecular weight is 366 g/mol. The molecule has 5 heteroatoms. The zero-order chi connectivity index (χ0) is 19.0. The third kappa shape index (κ3) is 3.06. The third-order valence-corrected chi connectivity index (χ3v) is 6.03. The van der Waals surface area contributed by atoms with Crippen molar-refractivity contribution in [2.24, 2.45) is 0 Å². The number of halogens is 1. The van der Waals surface area contributed by atoms with E-state index in [4.69, 9.17) is 0 Å². The molecule has 0 unspecified atom stereocenters. The topological polar surface area (TPSA) is 40.6 Å². The number of carbonyl (C=O) groups is 2. The molecule has 1 spiro atoms. The van der Waals surface area contributed by atoms with E-state index >= 15 is 0 Å². The standard InChI is InChI=1S/C22H23FN2O2/c1-24-19-5-3-2-4-18(19)22(21(24)27)11-14-25(15-12-22)13-10-20(26)16-6-8-17(23)9-7-16/h2-9H,10-15H2,1H3. The van der Waals surface area contributed by atoms with Gasteiger partial charge in [0.1, 0.15) is 5.82 Å².